The first-order valence-electron chi connectivity index (χ1n) is 7.62. The lowest BCUT2D eigenvalue weighted by Gasteiger charge is -2.23. The Balaban J connectivity index is 1.84. The molecule has 1 aliphatic rings. The normalized spacial score (nSPS) is 19.5. The Hall–Kier alpha value is -2.47. The largest absolute Gasteiger partial charge is 0.505 e. The van der Waals surface area contributed by atoms with Gasteiger partial charge in [-0.25, -0.2) is 4.98 Å². The van der Waals surface area contributed by atoms with Crippen molar-refractivity contribution in [2.24, 2.45) is 0 Å². The summed E-state index contributed by atoms with van der Waals surface area (Å²) in [6.45, 7) is 0.788. The van der Waals surface area contributed by atoms with E-state index in [4.69, 9.17) is 4.74 Å². The number of hydrogen-bond donors (Lipinski definition) is 3. The highest BCUT2D eigenvalue weighted by Gasteiger charge is 2.20. The zero-order valence-electron chi connectivity index (χ0n) is 12.0. The molecule has 1 fully saturated rings. The fourth-order valence-electron chi connectivity index (χ4n) is 3.50. The summed E-state index contributed by atoms with van der Waals surface area (Å²) in [5.41, 5.74) is 1.54. The van der Waals surface area contributed by atoms with Gasteiger partial charge in [-0.2, -0.15) is 0 Å². The van der Waals surface area contributed by atoms with E-state index in [9.17, 15) is 5.11 Å². The zero-order chi connectivity index (χ0) is 14.7. The highest BCUT2D eigenvalue weighted by Crippen LogP contribution is 2.40. The lowest BCUT2D eigenvalue weighted by Crippen LogP contribution is -2.18. The van der Waals surface area contributed by atoms with Crippen LogP contribution in [0.2, 0.25) is 0 Å². The number of fused-ring (bicyclic) bond motifs is 2. The van der Waals surface area contributed by atoms with Gasteiger partial charge in [0, 0.05) is 41.4 Å². The molecule has 1 atom stereocenters. The number of phenolic OH excluding ortho intramolecular Hbond substituents is 1. The number of phenols is 1. The predicted octanol–water partition coefficient (Wildman–Crippen LogP) is 3.40. The first-order chi connectivity index (χ1) is 10.8. The molecule has 0 radical (unpaired) electrons. The maximum Gasteiger partial charge on any atom is 0.150 e. The molecule has 1 saturated heterocycles. The third-order valence-corrected chi connectivity index (χ3v) is 4.59. The molecule has 0 aliphatic carbocycles. The maximum absolute atomic E-state index is 10.6. The monoisotopic (exact) mass is 296 g/mol. The fourth-order valence-corrected chi connectivity index (χ4v) is 3.50. The summed E-state index contributed by atoms with van der Waals surface area (Å²) in [4.78, 5) is 7.46. The van der Waals surface area contributed by atoms with Crippen LogP contribution < -0.4 is 0 Å². The number of hydrogen-bond acceptors (Lipinski definition) is 3. The Kier molecular flexibility index (Phi) is 2.35. The molecule has 0 amide bonds. The van der Waals surface area contributed by atoms with Crippen molar-refractivity contribution in [3.05, 3.63) is 24.7 Å². The van der Waals surface area contributed by atoms with Crippen LogP contribution in [0, 0.1) is 0 Å². The molecule has 6 heteroatoms. The Morgan fingerprint density at radius 1 is 1.27 bits per heavy atom. The highest BCUT2D eigenvalue weighted by atomic mass is 16.5. The van der Waals surface area contributed by atoms with Gasteiger partial charge < -0.3 is 14.8 Å². The molecule has 6 nitrogen and oxygen atoms in total. The number of aromatic hydroxyl groups is 1. The first-order valence-corrected chi connectivity index (χ1v) is 7.62. The smallest absolute Gasteiger partial charge is 0.150 e. The lowest BCUT2D eigenvalue weighted by atomic mass is 10.1. The molecule has 3 N–H and O–H groups in total. The van der Waals surface area contributed by atoms with E-state index in [0.29, 0.717) is 0 Å². The van der Waals surface area contributed by atoms with Crippen molar-refractivity contribution in [3.8, 4) is 5.75 Å². The number of nitrogens with one attached hydrogen (secondary N) is 2. The number of benzene rings is 1. The molecular weight excluding hydrogens is 280 g/mol. The van der Waals surface area contributed by atoms with E-state index in [0.717, 1.165) is 58.6 Å². The SMILES string of the molecule is Oc1c2cnc3[nH]ccc(c4cn(C5CCCCO5)[nH]c14)c32. The van der Waals surface area contributed by atoms with Gasteiger partial charge in [-0.3, -0.25) is 9.78 Å². The van der Waals surface area contributed by atoms with Crippen molar-refractivity contribution in [1.29, 1.82) is 0 Å². The van der Waals surface area contributed by atoms with Gasteiger partial charge in [0.1, 0.15) is 17.4 Å². The molecular formula is C16H16N4O2. The van der Waals surface area contributed by atoms with E-state index in [1.54, 1.807) is 6.20 Å². The molecule has 3 aromatic heterocycles. The summed E-state index contributed by atoms with van der Waals surface area (Å²) in [5.74, 6) is 0.249. The standard InChI is InChI=1S/C16H16N4O2/c21-15-10-7-18-16-13(10)9(4-5-17-16)11-8-20(19-14(11)15)12-3-1-2-6-22-12/h4-5,7-8,12,19,21H,1-3,6H2,(H,17,18). The molecule has 1 aliphatic heterocycles. The van der Waals surface area contributed by atoms with Gasteiger partial charge >= 0.3 is 0 Å². The van der Waals surface area contributed by atoms with Crippen LogP contribution in [0.25, 0.3) is 32.7 Å². The number of H-pyrrole nitrogens is 2. The average Bonchev–Trinajstić information content (AvgIpc) is 3.19. The molecule has 1 aromatic carbocycles. The average molecular weight is 296 g/mol. The van der Waals surface area contributed by atoms with E-state index in [1.165, 1.54) is 0 Å². The van der Waals surface area contributed by atoms with Gasteiger partial charge in [0.05, 0.1) is 0 Å². The Labute approximate surface area is 125 Å². The van der Waals surface area contributed by atoms with E-state index in [-0.39, 0.29) is 12.0 Å². The minimum absolute atomic E-state index is 0.0189. The second-order valence-corrected chi connectivity index (χ2v) is 5.89. The van der Waals surface area contributed by atoms with Crippen molar-refractivity contribution >= 4 is 32.7 Å². The lowest BCUT2D eigenvalue weighted by molar-refractivity contribution is -0.0390. The third-order valence-electron chi connectivity index (χ3n) is 4.59. The number of rotatable bonds is 1. The van der Waals surface area contributed by atoms with E-state index in [2.05, 4.69) is 15.1 Å². The van der Waals surface area contributed by atoms with Crippen LogP contribution in [0.4, 0.5) is 0 Å². The summed E-state index contributed by atoms with van der Waals surface area (Å²) in [5, 5.41) is 17.7. The maximum atomic E-state index is 10.6. The first kappa shape index (κ1) is 12.1. The quantitative estimate of drug-likeness (QED) is 0.503. The van der Waals surface area contributed by atoms with Crippen LogP contribution in [-0.2, 0) is 4.74 Å². The predicted molar refractivity (Wildman–Crippen MR) is 84.0 cm³/mol. The minimum Gasteiger partial charge on any atom is -0.505 e. The van der Waals surface area contributed by atoms with Crippen LogP contribution >= 0.6 is 0 Å². The molecule has 0 bridgehead atoms. The van der Waals surface area contributed by atoms with Gasteiger partial charge in [0.2, 0.25) is 0 Å². The van der Waals surface area contributed by atoms with E-state index >= 15 is 0 Å². The zero-order valence-corrected chi connectivity index (χ0v) is 12.0. The van der Waals surface area contributed by atoms with Crippen LogP contribution in [0.1, 0.15) is 25.5 Å². The summed E-state index contributed by atoms with van der Waals surface area (Å²) >= 11 is 0. The molecule has 0 spiro atoms. The van der Waals surface area contributed by atoms with Gasteiger partial charge in [-0.05, 0) is 30.7 Å². The number of aromatic nitrogens is 4. The second-order valence-electron chi connectivity index (χ2n) is 5.89. The van der Waals surface area contributed by atoms with Crippen molar-refractivity contribution in [2.75, 3.05) is 6.61 Å². The summed E-state index contributed by atoms with van der Waals surface area (Å²) in [7, 11) is 0. The summed E-state index contributed by atoms with van der Waals surface area (Å²) in [6, 6.07) is 2.03. The van der Waals surface area contributed by atoms with Gasteiger partial charge in [-0.1, -0.05) is 0 Å². The fraction of sp³-hybridized carbons (Fsp3) is 0.312. The van der Waals surface area contributed by atoms with Crippen molar-refractivity contribution in [2.45, 2.75) is 25.5 Å². The van der Waals surface area contributed by atoms with Crippen LogP contribution in [0.15, 0.2) is 24.7 Å². The van der Waals surface area contributed by atoms with Gasteiger partial charge in [-0.15, -0.1) is 0 Å². The van der Waals surface area contributed by atoms with Crippen molar-refractivity contribution in [1.82, 2.24) is 19.7 Å². The number of nitrogens with zero attached hydrogens (tertiary/aromatic N) is 2. The summed E-state index contributed by atoms with van der Waals surface area (Å²) < 4.78 is 7.81. The molecule has 4 aromatic rings. The number of pyridine rings is 1. The second kappa shape index (κ2) is 4.27. The Bertz CT molecular complexity index is 988. The molecule has 112 valence electrons. The van der Waals surface area contributed by atoms with E-state index < -0.39 is 0 Å². The third kappa shape index (κ3) is 1.50. The van der Waals surface area contributed by atoms with Crippen LogP contribution in [0.3, 0.4) is 0 Å². The molecule has 1 unspecified atom stereocenters. The highest BCUT2D eigenvalue weighted by molar-refractivity contribution is 6.22. The molecule has 22 heavy (non-hydrogen) atoms. The Morgan fingerprint density at radius 2 is 2.23 bits per heavy atom. The van der Waals surface area contributed by atoms with Gasteiger partial charge in [0.15, 0.2) is 5.75 Å². The minimum atomic E-state index is 0.0189. The summed E-state index contributed by atoms with van der Waals surface area (Å²) in [6.07, 6.45) is 8.92. The molecule has 0 saturated carbocycles. The molecule has 5 rings (SSSR count). The number of ether oxygens (including phenoxy) is 1. The van der Waals surface area contributed by atoms with Crippen LogP contribution in [0.5, 0.6) is 5.75 Å². The van der Waals surface area contributed by atoms with Crippen LogP contribution in [-0.4, -0.2) is 31.5 Å². The number of aromatic amines is 2. The van der Waals surface area contributed by atoms with Gasteiger partial charge in [0.25, 0.3) is 0 Å². The Morgan fingerprint density at radius 3 is 3.09 bits per heavy atom. The topological polar surface area (TPSA) is 78.9 Å². The molecule has 4 heterocycles. The van der Waals surface area contributed by atoms with Crippen molar-refractivity contribution < 1.29 is 9.84 Å². The van der Waals surface area contributed by atoms with Crippen molar-refractivity contribution in [3.63, 3.8) is 0 Å². The van der Waals surface area contributed by atoms with E-state index in [1.807, 2.05) is 23.1 Å².